The molecule has 120 valence electrons. The second-order valence-electron chi connectivity index (χ2n) is 5.35. The normalized spacial score (nSPS) is 10.0. The number of carbonyl (C=O) groups excluding carboxylic acids is 2. The Morgan fingerprint density at radius 1 is 1.00 bits per heavy atom. The third-order valence-electron chi connectivity index (χ3n) is 3.26. The molecular weight excluding hydrogens is 290 g/mol. The molecule has 2 amide bonds. The molecule has 0 saturated carbocycles. The minimum Gasteiger partial charge on any atom is -0.374 e. The largest absolute Gasteiger partial charge is 0.374 e. The first-order chi connectivity index (χ1) is 11.0. The van der Waals surface area contributed by atoms with Gasteiger partial charge in [-0.3, -0.25) is 9.59 Å². The minimum atomic E-state index is -0.148. The number of rotatable bonds is 6. The lowest BCUT2D eigenvalue weighted by molar-refractivity contribution is -0.119. The fourth-order valence-electron chi connectivity index (χ4n) is 2.14. The van der Waals surface area contributed by atoms with Crippen molar-refractivity contribution >= 4 is 23.2 Å². The molecule has 23 heavy (non-hydrogen) atoms. The first-order valence-corrected chi connectivity index (χ1v) is 7.47. The van der Waals surface area contributed by atoms with Gasteiger partial charge in [-0.1, -0.05) is 36.4 Å². The smallest absolute Gasteiger partial charge is 0.239 e. The summed E-state index contributed by atoms with van der Waals surface area (Å²) >= 11 is 0. The van der Waals surface area contributed by atoms with Crippen molar-refractivity contribution in [2.24, 2.45) is 0 Å². The van der Waals surface area contributed by atoms with Crippen LogP contribution in [0.5, 0.6) is 0 Å². The van der Waals surface area contributed by atoms with Crippen molar-refractivity contribution < 1.29 is 9.59 Å². The standard InChI is InChI=1S/C18H21N3O2/c1-13-8-9-16(21-14(2)22)17(10-13)19-12-18(23)20-11-15-6-4-3-5-7-15/h3-10,19H,11-12H2,1-2H3,(H,20,23)(H,21,22). The van der Waals surface area contributed by atoms with E-state index in [1.165, 1.54) is 6.92 Å². The summed E-state index contributed by atoms with van der Waals surface area (Å²) in [6, 6.07) is 15.4. The van der Waals surface area contributed by atoms with E-state index in [1.54, 1.807) is 0 Å². The molecule has 5 heteroatoms. The molecule has 0 atom stereocenters. The zero-order valence-electron chi connectivity index (χ0n) is 13.3. The summed E-state index contributed by atoms with van der Waals surface area (Å²) in [6.07, 6.45) is 0. The van der Waals surface area contributed by atoms with Crippen molar-refractivity contribution in [3.05, 3.63) is 59.7 Å². The van der Waals surface area contributed by atoms with Crippen LogP contribution in [0, 0.1) is 6.92 Å². The van der Waals surface area contributed by atoms with Crippen molar-refractivity contribution in [3.8, 4) is 0 Å². The lowest BCUT2D eigenvalue weighted by Crippen LogP contribution is -2.29. The van der Waals surface area contributed by atoms with Crippen molar-refractivity contribution in [3.63, 3.8) is 0 Å². The molecular formula is C18H21N3O2. The Kier molecular flexibility index (Phi) is 5.74. The quantitative estimate of drug-likeness (QED) is 0.768. The molecule has 0 aliphatic carbocycles. The fraction of sp³-hybridized carbons (Fsp3) is 0.222. The van der Waals surface area contributed by atoms with Crippen LogP contribution in [0.15, 0.2) is 48.5 Å². The number of anilines is 2. The Labute approximate surface area is 136 Å². The highest BCUT2D eigenvalue weighted by Gasteiger charge is 2.07. The Hall–Kier alpha value is -2.82. The van der Waals surface area contributed by atoms with Gasteiger partial charge < -0.3 is 16.0 Å². The average molecular weight is 311 g/mol. The molecule has 2 aromatic carbocycles. The van der Waals surface area contributed by atoms with Crippen LogP contribution < -0.4 is 16.0 Å². The number of hydrogen-bond donors (Lipinski definition) is 3. The average Bonchev–Trinajstić information content (AvgIpc) is 2.53. The van der Waals surface area contributed by atoms with E-state index < -0.39 is 0 Å². The van der Waals surface area contributed by atoms with Crippen LogP contribution in [-0.2, 0) is 16.1 Å². The lowest BCUT2D eigenvalue weighted by Gasteiger charge is -2.13. The van der Waals surface area contributed by atoms with Crippen LogP contribution >= 0.6 is 0 Å². The maximum Gasteiger partial charge on any atom is 0.239 e. The molecule has 0 aliphatic rings. The fourth-order valence-corrected chi connectivity index (χ4v) is 2.14. The molecule has 0 bridgehead atoms. The van der Waals surface area contributed by atoms with Gasteiger partial charge in [-0.2, -0.15) is 0 Å². The van der Waals surface area contributed by atoms with Gasteiger partial charge in [-0.25, -0.2) is 0 Å². The van der Waals surface area contributed by atoms with Gasteiger partial charge in [0, 0.05) is 13.5 Å². The predicted molar refractivity (Wildman–Crippen MR) is 92.3 cm³/mol. The van der Waals surface area contributed by atoms with Crippen LogP contribution in [0.4, 0.5) is 11.4 Å². The van der Waals surface area contributed by atoms with Gasteiger partial charge in [0.05, 0.1) is 17.9 Å². The third-order valence-corrected chi connectivity index (χ3v) is 3.26. The molecule has 0 heterocycles. The SMILES string of the molecule is CC(=O)Nc1ccc(C)cc1NCC(=O)NCc1ccccc1. The van der Waals surface area contributed by atoms with E-state index >= 15 is 0 Å². The molecule has 2 rings (SSSR count). The summed E-state index contributed by atoms with van der Waals surface area (Å²) < 4.78 is 0. The monoisotopic (exact) mass is 311 g/mol. The van der Waals surface area contributed by atoms with E-state index in [1.807, 2.05) is 55.5 Å². The van der Waals surface area contributed by atoms with Gasteiger partial charge in [-0.05, 0) is 30.2 Å². The van der Waals surface area contributed by atoms with Gasteiger partial charge in [0.25, 0.3) is 0 Å². The van der Waals surface area contributed by atoms with Gasteiger partial charge in [-0.15, -0.1) is 0 Å². The summed E-state index contributed by atoms with van der Waals surface area (Å²) in [5.41, 5.74) is 3.50. The second-order valence-corrected chi connectivity index (χ2v) is 5.35. The summed E-state index contributed by atoms with van der Waals surface area (Å²) in [4.78, 5) is 23.2. The second kappa shape index (κ2) is 7.98. The van der Waals surface area contributed by atoms with Crippen LogP contribution in [0.2, 0.25) is 0 Å². The molecule has 0 radical (unpaired) electrons. The first-order valence-electron chi connectivity index (χ1n) is 7.47. The van der Waals surface area contributed by atoms with Gasteiger partial charge >= 0.3 is 0 Å². The highest BCUT2D eigenvalue weighted by atomic mass is 16.2. The van der Waals surface area contributed by atoms with Crippen molar-refractivity contribution in [1.29, 1.82) is 0 Å². The van der Waals surface area contributed by atoms with Gasteiger partial charge in [0.1, 0.15) is 0 Å². The van der Waals surface area contributed by atoms with Crippen molar-refractivity contribution in [1.82, 2.24) is 5.32 Å². The molecule has 0 saturated heterocycles. The third kappa shape index (κ3) is 5.47. The number of aryl methyl sites for hydroxylation is 1. The summed E-state index contributed by atoms with van der Waals surface area (Å²) in [6.45, 7) is 4.05. The number of amides is 2. The molecule has 0 spiro atoms. The van der Waals surface area contributed by atoms with Crippen molar-refractivity contribution in [2.45, 2.75) is 20.4 Å². The zero-order valence-corrected chi connectivity index (χ0v) is 13.3. The molecule has 2 aromatic rings. The molecule has 5 nitrogen and oxygen atoms in total. The summed E-state index contributed by atoms with van der Waals surface area (Å²) in [7, 11) is 0. The maximum absolute atomic E-state index is 11.9. The van der Waals surface area contributed by atoms with E-state index in [4.69, 9.17) is 0 Å². The topological polar surface area (TPSA) is 70.2 Å². The van der Waals surface area contributed by atoms with E-state index in [0.29, 0.717) is 12.2 Å². The predicted octanol–water partition coefficient (Wildman–Crippen LogP) is 2.68. The number of nitrogens with one attached hydrogen (secondary N) is 3. The number of carbonyl (C=O) groups is 2. The molecule has 0 aromatic heterocycles. The highest BCUT2D eigenvalue weighted by Crippen LogP contribution is 2.22. The maximum atomic E-state index is 11.9. The van der Waals surface area contributed by atoms with E-state index in [0.717, 1.165) is 16.8 Å². The lowest BCUT2D eigenvalue weighted by atomic mass is 10.2. The van der Waals surface area contributed by atoms with Crippen molar-refractivity contribution in [2.75, 3.05) is 17.2 Å². The summed E-state index contributed by atoms with van der Waals surface area (Å²) in [5, 5.41) is 8.67. The molecule has 0 aliphatic heterocycles. The Balaban J connectivity index is 1.90. The van der Waals surface area contributed by atoms with E-state index in [2.05, 4.69) is 16.0 Å². The van der Waals surface area contributed by atoms with Crippen LogP contribution in [0.3, 0.4) is 0 Å². The number of benzene rings is 2. The number of hydrogen-bond acceptors (Lipinski definition) is 3. The van der Waals surface area contributed by atoms with E-state index in [9.17, 15) is 9.59 Å². The Bertz CT molecular complexity index is 684. The Morgan fingerprint density at radius 2 is 1.74 bits per heavy atom. The van der Waals surface area contributed by atoms with E-state index in [-0.39, 0.29) is 18.4 Å². The first kappa shape index (κ1) is 16.5. The minimum absolute atomic E-state index is 0.107. The molecule has 0 unspecified atom stereocenters. The van der Waals surface area contributed by atoms with Crippen LogP contribution in [0.1, 0.15) is 18.1 Å². The van der Waals surface area contributed by atoms with Gasteiger partial charge in [0.2, 0.25) is 11.8 Å². The highest BCUT2D eigenvalue weighted by molar-refractivity contribution is 5.93. The molecule has 0 fully saturated rings. The van der Waals surface area contributed by atoms with Crippen LogP contribution in [0.25, 0.3) is 0 Å². The Morgan fingerprint density at radius 3 is 2.43 bits per heavy atom. The summed E-state index contributed by atoms with van der Waals surface area (Å²) in [5.74, 6) is -0.255. The van der Waals surface area contributed by atoms with Gasteiger partial charge in [0.15, 0.2) is 0 Å². The molecule has 3 N–H and O–H groups in total. The zero-order chi connectivity index (χ0) is 16.7. The van der Waals surface area contributed by atoms with Crippen LogP contribution in [-0.4, -0.2) is 18.4 Å².